The Labute approximate surface area is 151 Å². The summed E-state index contributed by atoms with van der Waals surface area (Å²) in [6, 6.07) is 14.7. The molecule has 0 spiro atoms. The van der Waals surface area contributed by atoms with Crippen molar-refractivity contribution in [3.63, 3.8) is 0 Å². The molecule has 0 heterocycles. The fraction of sp³-hybridized carbons (Fsp3) is 0.435. The van der Waals surface area contributed by atoms with Gasteiger partial charge < -0.3 is 4.90 Å². The van der Waals surface area contributed by atoms with Gasteiger partial charge in [0.25, 0.3) is 0 Å². The predicted molar refractivity (Wildman–Crippen MR) is 106 cm³/mol. The van der Waals surface area contributed by atoms with Crippen LogP contribution in [0.4, 0.5) is 11.4 Å². The molecule has 1 aliphatic rings. The molecule has 0 radical (unpaired) electrons. The normalized spacial score (nSPS) is 17.7. The summed E-state index contributed by atoms with van der Waals surface area (Å²) < 4.78 is 0. The van der Waals surface area contributed by atoms with Crippen LogP contribution in [0.3, 0.4) is 0 Å². The lowest BCUT2D eigenvalue weighted by molar-refractivity contribution is 0.101. The van der Waals surface area contributed by atoms with Crippen LogP contribution in [0.1, 0.15) is 68.9 Å². The fourth-order valence-electron chi connectivity index (χ4n) is 3.85. The summed E-state index contributed by atoms with van der Waals surface area (Å²) >= 11 is 0. The number of carbonyl (C=O) groups excluding carboxylic acids is 1. The highest BCUT2D eigenvalue weighted by Gasteiger charge is 2.37. The summed E-state index contributed by atoms with van der Waals surface area (Å²) in [7, 11) is 2.09. The molecule has 2 aromatic rings. The van der Waals surface area contributed by atoms with Crippen molar-refractivity contribution in [3.8, 4) is 0 Å². The van der Waals surface area contributed by atoms with Crippen molar-refractivity contribution >= 4 is 17.2 Å². The highest BCUT2D eigenvalue weighted by atomic mass is 16.1. The van der Waals surface area contributed by atoms with Crippen molar-refractivity contribution in [1.29, 1.82) is 0 Å². The molecule has 0 unspecified atom stereocenters. The first kappa shape index (κ1) is 17.7. The van der Waals surface area contributed by atoms with Gasteiger partial charge >= 0.3 is 0 Å². The van der Waals surface area contributed by atoms with Gasteiger partial charge in [-0.2, -0.15) is 0 Å². The molecule has 0 fully saturated rings. The van der Waals surface area contributed by atoms with Crippen molar-refractivity contribution in [2.45, 2.75) is 58.3 Å². The Morgan fingerprint density at radius 1 is 0.840 bits per heavy atom. The monoisotopic (exact) mass is 335 g/mol. The average molecular weight is 335 g/mol. The molecule has 2 heteroatoms. The van der Waals surface area contributed by atoms with Gasteiger partial charge in [-0.05, 0) is 78.1 Å². The number of hydrogen-bond donors (Lipinski definition) is 0. The number of ketones is 1. The van der Waals surface area contributed by atoms with E-state index >= 15 is 0 Å². The summed E-state index contributed by atoms with van der Waals surface area (Å²) in [6.07, 6.45) is 2.45. The van der Waals surface area contributed by atoms with E-state index in [4.69, 9.17) is 0 Å². The van der Waals surface area contributed by atoms with Crippen LogP contribution in [0.2, 0.25) is 0 Å². The lowest BCUT2D eigenvalue weighted by atomic mass is 9.63. The Morgan fingerprint density at radius 2 is 1.36 bits per heavy atom. The topological polar surface area (TPSA) is 20.3 Å². The summed E-state index contributed by atoms with van der Waals surface area (Å²) in [6.45, 7) is 11.0. The van der Waals surface area contributed by atoms with E-state index in [0.29, 0.717) is 0 Å². The van der Waals surface area contributed by atoms with E-state index in [-0.39, 0.29) is 16.6 Å². The van der Waals surface area contributed by atoms with E-state index < -0.39 is 0 Å². The summed E-state index contributed by atoms with van der Waals surface area (Å²) in [5.41, 5.74) is 6.44. The Hall–Kier alpha value is -2.09. The predicted octanol–water partition coefficient (Wildman–Crippen LogP) is 6.01. The average Bonchev–Trinajstić information content (AvgIpc) is 2.58. The minimum Gasteiger partial charge on any atom is -0.345 e. The third-order valence-corrected chi connectivity index (χ3v) is 5.88. The van der Waals surface area contributed by atoms with Gasteiger partial charge in [-0.3, -0.25) is 4.79 Å². The molecule has 0 aliphatic heterocycles. The maximum absolute atomic E-state index is 11.5. The lowest BCUT2D eigenvalue weighted by Gasteiger charge is -2.42. The van der Waals surface area contributed by atoms with Gasteiger partial charge in [0.15, 0.2) is 5.78 Å². The highest BCUT2D eigenvalue weighted by molar-refractivity contribution is 5.94. The third-order valence-electron chi connectivity index (χ3n) is 5.88. The van der Waals surface area contributed by atoms with Crippen molar-refractivity contribution in [3.05, 3.63) is 59.2 Å². The van der Waals surface area contributed by atoms with Crippen LogP contribution < -0.4 is 4.90 Å². The SMILES string of the molecule is CC(=O)c1ccc(N(C)c2ccc3c(c2)C(C)(C)CCC3(C)C)cc1. The minimum absolute atomic E-state index is 0.104. The zero-order valence-electron chi connectivity index (χ0n) is 16.3. The van der Waals surface area contributed by atoms with Crippen molar-refractivity contribution in [2.24, 2.45) is 0 Å². The second kappa shape index (κ2) is 6.01. The molecule has 3 rings (SSSR count). The number of nitrogens with zero attached hydrogens (tertiary/aromatic N) is 1. The van der Waals surface area contributed by atoms with Gasteiger partial charge in [-0.1, -0.05) is 33.8 Å². The number of hydrogen-bond acceptors (Lipinski definition) is 2. The number of rotatable bonds is 3. The number of carbonyl (C=O) groups is 1. The Morgan fingerprint density at radius 3 is 1.92 bits per heavy atom. The Balaban J connectivity index is 2.00. The van der Waals surface area contributed by atoms with Crippen LogP contribution in [-0.4, -0.2) is 12.8 Å². The zero-order chi connectivity index (χ0) is 18.4. The number of fused-ring (bicyclic) bond motifs is 1. The van der Waals surface area contributed by atoms with E-state index in [0.717, 1.165) is 11.3 Å². The minimum atomic E-state index is 0.104. The quantitative estimate of drug-likeness (QED) is 0.641. The first-order valence-electron chi connectivity index (χ1n) is 9.12. The molecule has 25 heavy (non-hydrogen) atoms. The number of Topliss-reactive ketones (excluding diaryl/α,β-unsaturated/α-hetero) is 1. The molecule has 0 N–H and O–H groups in total. The molecular formula is C23H29NO. The summed E-state index contributed by atoms with van der Waals surface area (Å²) in [5.74, 6) is 0.104. The van der Waals surface area contributed by atoms with Crippen molar-refractivity contribution < 1.29 is 4.79 Å². The Bertz CT molecular complexity index is 799. The van der Waals surface area contributed by atoms with E-state index in [1.807, 2.05) is 24.3 Å². The molecule has 0 saturated heterocycles. The van der Waals surface area contributed by atoms with Crippen LogP contribution >= 0.6 is 0 Å². The van der Waals surface area contributed by atoms with E-state index in [2.05, 4.69) is 57.8 Å². The molecule has 0 atom stereocenters. The molecule has 2 aromatic carbocycles. The summed E-state index contributed by atoms with van der Waals surface area (Å²) in [4.78, 5) is 13.7. The number of anilines is 2. The second-order valence-electron chi connectivity index (χ2n) is 8.66. The maximum Gasteiger partial charge on any atom is 0.159 e. The molecule has 132 valence electrons. The van der Waals surface area contributed by atoms with E-state index in [1.165, 1.54) is 29.7 Å². The molecule has 0 saturated carbocycles. The van der Waals surface area contributed by atoms with Crippen molar-refractivity contribution in [1.82, 2.24) is 0 Å². The lowest BCUT2D eigenvalue weighted by Crippen LogP contribution is -2.34. The first-order chi connectivity index (χ1) is 11.6. The highest BCUT2D eigenvalue weighted by Crippen LogP contribution is 2.47. The van der Waals surface area contributed by atoms with Gasteiger partial charge in [0.2, 0.25) is 0 Å². The van der Waals surface area contributed by atoms with Crippen LogP contribution in [0.25, 0.3) is 0 Å². The standard InChI is InChI=1S/C23H29NO/c1-16(25)17-7-9-18(10-8-17)24(6)19-11-12-20-21(15-19)23(4,5)14-13-22(20,2)3/h7-12,15H,13-14H2,1-6H3. The Kier molecular flexibility index (Phi) is 4.26. The van der Waals surface area contributed by atoms with Gasteiger partial charge in [0, 0.05) is 24.0 Å². The molecule has 0 amide bonds. The van der Waals surface area contributed by atoms with E-state index in [1.54, 1.807) is 6.92 Å². The summed E-state index contributed by atoms with van der Waals surface area (Å²) in [5, 5.41) is 0. The van der Waals surface area contributed by atoms with Crippen LogP contribution in [0.15, 0.2) is 42.5 Å². The second-order valence-corrected chi connectivity index (χ2v) is 8.66. The fourth-order valence-corrected chi connectivity index (χ4v) is 3.85. The maximum atomic E-state index is 11.5. The molecule has 0 bridgehead atoms. The van der Waals surface area contributed by atoms with Crippen LogP contribution in [-0.2, 0) is 10.8 Å². The molecule has 1 aliphatic carbocycles. The third kappa shape index (κ3) is 3.22. The van der Waals surface area contributed by atoms with Crippen molar-refractivity contribution in [2.75, 3.05) is 11.9 Å². The first-order valence-corrected chi connectivity index (χ1v) is 9.12. The molecule has 2 nitrogen and oxygen atoms in total. The molecule has 0 aromatic heterocycles. The van der Waals surface area contributed by atoms with Gasteiger partial charge in [0.1, 0.15) is 0 Å². The molecular weight excluding hydrogens is 306 g/mol. The van der Waals surface area contributed by atoms with Gasteiger partial charge in [-0.25, -0.2) is 0 Å². The largest absolute Gasteiger partial charge is 0.345 e. The number of benzene rings is 2. The van der Waals surface area contributed by atoms with Gasteiger partial charge in [-0.15, -0.1) is 0 Å². The smallest absolute Gasteiger partial charge is 0.159 e. The zero-order valence-corrected chi connectivity index (χ0v) is 16.3. The van der Waals surface area contributed by atoms with Crippen LogP contribution in [0, 0.1) is 0 Å². The van der Waals surface area contributed by atoms with Gasteiger partial charge in [0.05, 0.1) is 0 Å². The van der Waals surface area contributed by atoms with E-state index in [9.17, 15) is 4.79 Å². The van der Waals surface area contributed by atoms with Crippen LogP contribution in [0.5, 0.6) is 0 Å².